The molecule has 0 aliphatic carbocycles. The van der Waals surface area contributed by atoms with Crippen molar-refractivity contribution in [2.45, 2.75) is 39.5 Å². The van der Waals surface area contributed by atoms with E-state index in [2.05, 4.69) is 17.0 Å². The normalized spacial score (nSPS) is 15.4. The van der Waals surface area contributed by atoms with E-state index in [1.807, 2.05) is 26.0 Å². The first-order chi connectivity index (χ1) is 8.34. The van der Waals surface area contributed by atoms with Crippen molar-refractivity contribution in [3.63, 3.8) is 0 Å². The highest BCUT2D eigenvalue weighted by Gasteiger charge is 2.10. The predicted octanol–water partition coefficient (Wildman–Crippen LogP) is 3.32. The molecular weight excluding hydrogens is 208 g/mol. The summed E-state index contributed by atoms with van der Waals surface area (Å²) in [5, 5.41) is 0. The van der Waals surface area contributed by atoms with Crippen LogP contribution in [0.4, 0.5) is 5.69 Å². The molecule has 2 N–H and O–H groups in total. The van der Waals surface area contributed by atoms with Gasteiger partial charge in [0.15, 0.2) is 0 Å². The Morgan fingerprint density at radius 1 is 1.06 bits per heavy atom. The third-order valence-corrected chi connectivity index (χ3v) is 3.12. The van der Waals surface area contributed by atoms with Crippen molar-refractivity contribution in [1.82, 2.24) is 4.90 Å². The molecule has 17 heavy (non-hydrogen) atoms. The first-order valence-corrected chi connectivity index (χ1v) is 6.91. The molecule has 0 aromatic heterocycles. The largest absolute Gasteiger partial charge is 0.399 e. The average Bonchev–Trinajstić information content (AvgIpc) is 2.87. The minimum Gasteiger partial charge on any atom is -0.399 e. The van der Waals surface area contributed by atoms with Crippen molar-refractivity contribution in [3.05, 3.63) is 29.8 Å². The second-order valence-electron chi connectivity index (χ2n) is 4.39. The van der Waals surface area contributed by atoms with Crippen LogP contribution in [0.2, 0.25) is 0 Å². The maximum Gasteiger partial charge on any atom is 0.0314 e. The number of nitrogen functional groups attached to an aromatic ring is 1. The lowest BCUT2D eigenvalue weighted by Gasteiger charge is -2.13. The molecule has 1 fully saturated rings. The lowest BCUT2D eigenvalue weighted by Crippen LogP contribution is -2.20. The standard InChI is InChI=1S/C13H20N2.C2H6/c14-13-7-5-12(6-8-13)4-3-11-15-9-1-2-10-15;1-2/h5-8H,1-4,9-11,14H2;1-2H3. The van der Waals surface area contributed by atoms with Crippen molar-refractivity contribution in [1.29, 1.82) is 0 Å². The van der Waals surface area contributed by atoms with Crippen molar-refractivity contribution in [2.24, 2.45) is 0 Å². The van der Waals surface area contributed by atoms with Gasteiger partial charge in [0.05, 0.1) is 0 Å². The second kappa shape index (κ2) is 8.13. The first kappa shape index (κ1) is 14.0. The topological polar surface area (TPSA) is 29.3 Å². The molecule has 1 aromatic rings. The number of hydrogen-bond donors (Lipinski definition) is 1. The number of hydrogen-bond acceptors (Lipinski definition) is 2. The van der Waals surface area contributed by atoms with Gasteiger partial charge in [0, 0.05) is 5.69 Å². The highest BCUT2D eigenvalue weighted by atomic mass is 15.1. The monoisotopic (exact) mass is 234 g/mol. The summed E-state index contributed by atoms with van der Waals surface area (Å²) >= 11 is 0. The number of rotatable bonds is 4. The lowest BCUT2D eigenvalue weighted by atomic mass is 10.1. The van der Waals surface area contributed by atoms with Gasteiger partial charge in [0.2, 0.25) is 0 Å². The lowest BCUT2D eigenvalue weighted by molar-refractivity contribution is 0.334. The van der Waals surface area contributed by atoms with Gasteiger partial charge in [-0.25, -0.2) is 0 Å². The van der Waals surface area contributed by atoms with Crippen molar-refractivity contribution < 1.29 is 0 Å². The van der Waals surface area contributed by atoms with Gasteiger partial charge in [0.1, 0.15) is 0 Å². The van der Waals surface area contributed by atoms with Crippen molar-refractivity contribution >= 4 is 5.69 Å². The molecule has 1 heterocycles. The molecule has 0 radical (unpaired) electrons. The van der Waals surface area contributed by atoms with E-state index in [0.29, 0.717) is 0 Å². The molecule has 0 bridgehead atoms. The Bertz CT molecular complexity index is 286. The zero-order valence-corrected chi connectivity index (χ0v) is 11.3. The number of benzene rings is 1. The third kappa shape index (κ3) is 5.22. The number of nitrogens with zero attached hydrogens (tertiary/aromatic N) is 1. The Balaban J connectivity index is 0.000000686. The molecule has 1 aliphatic heterocycles. The van der Waals surface area contributed by atoms with Gasteiger partial charge < -0.3 is 10.6 Å². The highest BCUT2D eigenvalue weighted by molar-refractivity contribution is 5.39. The second-order valence-corrected chi connectivity index (χ2v) is 4.39. The molecule has 0 saturated carbocycles. The summed E-state index contributed by atoms with van der Waals surface area (Å²) in [4.78, 5) is 2.57. The van der Waals surface area contributed by atoms with Crippen LogP contribution in [0, 0.1) is 0 Å². The van der Waals surface area contributed by atoms with Crippen LogP contribution < -0.4 is 5.73 Å². The van der Waals surface area contributed by atoms with Crippen LogP contribution in [0.3, 0.4) is 0 Å². The molecule has 0 spiro atoms. The van der Waals surface area contributed by atoms with E-state index < -0.39 is 0 Å². The van der Waals surface area contributed by atoms with E-state index in [9.17, 15) is 0 Å². The van der Waals surface area contributed by atoms with Gasteiger partial charge in [-0.15, -0.1) is 0 Å². The number of nitrogens with two attached hydrogens (primary N) is 1. The van der Waals surface area contributed by atoms with Crippen LogP contribution in [0.15, 0.2) is 24.3 Å². The van der Waals surface area contributed by atoms with E-state index in [-0.39, 0.29) is 0 Å². The fourth-order valence-electron chi connectivity index (χ4n) is 2.20. The molecule has 1 aromatic carbocycles. The molecule has 96 valence electrons. The molecular formula is C15H26N2. The Labute approximate surface area is 106 Å². The fraction of sp³-hybridized carbons (Fsp3) is 0.600. The minimum atomic E-state index is 0.860. The summed E-state index contributed by atoms with van der Waals surface area (Å²) in [5.74, 6) is 0. The Morgan fingerprint density at radius 3 is 2.24 bits per heavy atom. The maximum absolute atomic E-state index is 5.65. The van der Waals surface area contributed by atoms with Crippen LogP contribution >= 0.6 is 0 Å². The highest BCUT2D eigenvalue weighted by Crippen LogP contribution is 2.11. The summed E-state index contributed by atoms with van der Waals surface area (Å²) in [6, 6.07) is 8.26. The molecule has 0 atom stereocenters. The van der Waals surface area contributed by atoms with Crippen molar-refractivity contribution in [2.75, 3.05) is 25.4 Å². The third-order valence-electron chi connectivity index (χ3n) is 3.12. The van der Waals surface area contributed by atoms with Gasteiger partial charge >= 0.3 is 0 Å². The predicted molar refractivity (Wildman–Crippen MR) is 76.2 cm³/mol. The molecule has 1 aliphatic rings. The van der Waals surface area contributed by atoms with E-state index >= 15 is 0 Å². The van der Waals surface area contributed by atoms with Gasteiger partial charge in [-0.3, -0.25) is 0 Å². The van der Waals surface area contributed by atoms with E-state index in [0.717, 1.165) is 5.69 Å². The zero-order valence-electron chi connectivity index (χ0n) is 11.3. The summed E-state index contributed by atoms with van der Waals surface area (Å²) in [7, 11) is 0. The van der Waals surface area contributed by atoms with Crippen molar-refractivity contribution in [3.8, 4) is 0 Å². The average molecular weight is 234 g/mol. The van der Waals surface area contributed by atoms with Crippen LogP contribution in [0.5, 0.6) is 0 Å². The molecule has 2 rings (SSSR count). The van der Waals surface area contributed by atoms with Crippen LogP contribution in [0.1, 0.15) is 38.7 Å². The van der Waals surface area contributed by atoms with E-state index in [1.165, 1.54) is 50.9 Å². The minimum absolute atomic E-state index is 0.860. The Morgan fingerprint density at radius 2 is 1.65 bits per heavy atom. The summed E-state index contributed by atoms with van der Waals surface area (Å²) in [6.45, 7) is 7.87. The maximum atomic E-state index is 5.65. The molecule has 2 nitrogen and oxygen atoms in total. The molecule has 0 amide bonds. The van der Waals surface area contributed by atoms with Crippen LogP contribution in [-0.2, 0) is 6.42 Å². The quantitative estimate of drug-likeness (QED) is 0.810. The smallest absolute Gasteiger partial charge is 0.0314 e. The van der Waals surface area contributed by atoms with Gasteiger partial charge in [0.25, 0.3) is 0 Å². The Hall–Kier alpha value is -1.02. The molecule has 2 heteroatoms. The number of aryl methyl sites for hydroxylation is 1. The van der Waals surface area contributed by atoms with Crippen LogP contribution in [0.25, 0.3) is 0 Å². The van der Waals surface area contributed by atoms with E-state index in [4.69, 9.17) is 5.73 Å². The number of anilines is 1. The summed E-state index contributed by atoms with van der Waals surface area (Å²) in [5.41, 5.74) is 7.91. The zero-order chi connectivity index (χ0) is 12.5. The molecule has 1 saturated heterocycles. The molecule has 0 unspecified atom stereocenters. The summed E-state index contributed by atoms with van der Waals surface area (Å²) < 4.78 is 0. The van der Waals surface area contributed by atoms with Gasteiger partial charge in [-0.2, -0.15) is 0 Å². The van der Waals surface area contributed by atoms with Crippen LogP contribution in [-0.4, -0.2) is 24.5 Å². The SMILES string of the molecule is CC.Nc1ccc(CCCN2CCCC2)cc1. The fourth-order valence-corrected chi connectivity index (χ4v) is 2.20. The Kier molecular flexibility index (Phi) is 6.71. The van der Waals surface area contributed by atoms with E-state index in [1.54, 1.807) is 0 Å². The summed E-state index contributed by atoms with van der Waals surface area (Å²) in [6.07, 6.45) is 5.23. The van der Waals surface area contributed by atoms with Gasteiger partial charge in [-0.05, 0) is 63.0 Å². The number of likely N-dealkylation sites (tertiary alicyclic amines) is 1. The van der Waals surface area contributed by atoms with Gasteiger partial charge in [-0.1, -0.05) is 26.0 Å². The first-order valence-electron chi connectivity index (χ1n) is 6.91.